The standard InChI is InChI=1S/C26H18N6O3/c33-32(34)24-25(29-19-13-15-21(16-14-19)31-30-20-9-2-1-3-10-20)27-17-28-26(24)35-23-12-6-8-18-7-4-5-11-22(18)23/h1-17H,(H,27,28,29). The first kappa shape index (κ1) is 21.7. The minimum atomic E-state index is -0.564. The number of fused-ring (bicyclic) bond motifs is 1. The van der Waals surface area contributed by atoms with Crippen LogP contribution in [0.25, 0.3) is 10.8 Å². The van der Waals surface area contributed by atoms with Crippen molar-refractivity contribution >= 4 is 39.3 Å². The predicted molar refractivity (Wildman–Crippen MR) is 133 cm³/mol. The van der Waals surface area contributed by atoms with E-state index in [2.05, 4.69) is 25.5 Å². The first-order valence-corrected chi connectivity index (χ1v) is 10.7. The molecule has 0 saturated carbocycles. The van der Waals surface area contributed by atoms with Crippen molar-refractivity contribution in [2.75, 3.05) is 5.32 Å². The lowest BCUT2D eigenvalue weighted by Crippen LogP contribution is -2.03. The van der Waals surface area contributed by atoms with Crippen molar-refractivity contribution in [3.63, 3.8) is 0 Å². The van der Waals surface area contributed by atoms with Crippen LogP contribution in [0.2, 0.25) is 0 Å². The molecule has 0 saturated heterocycles. The van der Waals surface area contributed by atoms with Crippen molar-refractivity contribution in [2.24, 2.45) is 10.2 Å². The van der Waals surface area contributed by atoms with Gasteiger partial charge < -0.3 is 10.1 Å². The van der Waals surface area contributed by atoms with Gasteiger partial charge in [-0.05, 0) is 47.9 Å². The molecule has 5 rings (SSSR count). The monoisotopic (exact) mass is 462 g/mol. The largest absolute Gasteiger partial charge is 0.433 e. The molecule has 1 N–H and O–H groups in total. The maximum atomic E-state index is 11.9. The molecule has 0 aliphatic heterocycles. The molecule has 4 aromatic carbocycles. The fraction of sp³-hybridized carbons (Fsp3) is 0. The average molecular weight is 462 g/mol. The van der Waals surface area contributed by atoms with Crippen LogP contribution in [0.3, 0.4) is 0 Å². The molecule has 1 aromatic heterocycles. The maximum absolute atomic E-state index is 11.9. The number of nitrogens with zero attached hydrogens (tertiary/aromatic N) is 5. The molecule has 0 unspecified atom stereocenters. The molecule has 35 heavy (non-hydrogen) atoms. The van der Waals surface area contributed by atoms with Gasteiger partial charge >= 0.3 is 11.6 Å². The summed E-state index contributed by atoms with van der Waals surface area (Å²) in [5.41, 5.74) is 1.59. The number of azo groups is 1. The van der Waals surface area contributed by atoms with Gasteiger partial charge in [-0.1, -0.05) is 54.6 Å². The average Bonchev–Trinajstić information content (AvgIpc) is 2.89. The second-order valence-electron chi connectivity index (χ2n) is 7.42. The Morgan fingerprint density at radius 2 is 1.46 bits per heavy atom. The van der Waals surface area contributed by atoms with Crippen LogP contribution in [0.4, 0.5) is 28.6 Å². The molecule has 9 heteroatoms. The molecule has 0 aliphatic rings. The number of nitro groups is 1. The Morgan fingerprint density at radius 3 is 2.23 bits per heavy atom. The number of anilines is 2. The molecule has 0 spiro atoms. The summed E-state index contributed by atoms with van der Waals surface area (Å²) in [4.78, 5) is 19.5. The third kappa shape index (κ3) is 4.93. The number of rotatable bonds is 7. The second-order valence-corrected chi connectivity index (χ2v) is 7.42. The van der Waals surface area contributed by atoms with Crippen molar-refractivity contribution in [2.45, 2.75) is 0 Å². The van der Waals surface area contributed by atoms with Gasteiger partial charge in [0.2, 0.25) is 5.82 Å². The van der Waals surface area contributed by atoms with Gasteiger partial charge in [0.25, 0.3) is 0 Å². The Labute approximate surface area is 199 Å². The number of benzene rings is 4. The van der Waals surface area contributed by atoms with Crippen LogP contribution in [-0.2, 0) is 0 Å². The van der Waals surface area contributed by atoms with Crippen LogP contribution >= 0.6 is 0 Å². The molecule has 5 aromatic rings. The molecule has 170 valence electrons. The second kappa shape index (κ2) is 9.75. The van der Waals surface area contributed by atoms with E-state index in [1.807, 2.05) is 66.7 Å². The smallest absolute Gasteiger partial charge is 0.373 e. The van der Waals surface area contributed by atoms with Crippen molar-refractivity contribution < 1.29 is 9.66 Å². The Balaban J connectivity index is 1.40. The summed E-state index contributed by atoms with van der Waals surface area (Å²) in [6.45, 7) is 0. The molecule has 0 atom stereocenters. The van der Waals surface area contributed by atoms with E-state index in [9.17, 15) is 10.1 Å². The zero-order chi connectivity index (χ0) is 24.0. The topological polar surface area (TPSA) is 115 Å². The van der Waals surface area contributed by atoms with Gasteiger partial charge in [-0.2, -0.15) is 15.2 Å². The molecule has 0 amide bonds. The van der Waals surface area contributed by atoms with Crippen molar-refractivity contribution in [3.05, 3.63) is 114 Å². The maximum Gasteiger partial charge on any atom is 0.373 e. The highest BCUT2D eigenvalue weighted by molar-refractivity contribution is 5.88. The lowest BCUT2D eigenvalue weighted by atomic mass is 10.1. The summed E-state index contributed by atoms with van der Waals surface area (Å²) >= 11 is 0. The lowest BCUT2D eigenvalue weighted by Gasteiger charge is -2.11. The van der Waals surface area contributed by atoms with Crippen molar-refractivity contribution in [1.82, 2.24) is 9.97 Å². The Kier molecular flexibility index (Phi) is 6.03. The SMILES string of the molecule is O=[N+]([O-])c1c(Nc2ccc(N=Nc3ccccc3)cc2)ncnc1Oc1cccc2ccccc12. The lowest BCUT2D eigenvalue weighted by molar-refractivity contribution is -0.385. The normalized spacial score (nSPS) is 11.0. The Morgan fingerprint density at radius 1 is 0.771 bits per heavy atom. The van der Waals surface area contributed by atoms with Gasteiger partial charge in [-0.15, -0.1) is 0 Å². The van der Waals surface area contributed by atoms with E-state index in [-0.39, 0.29) is 17.4 Å². The summed E-state index contributed by atoms with van der Waals surface area (Å²) in [7, 11) is 0. The molecule has 0 fully saturated rings. The van der Waals surface area contributed by atoms with Crippen LogP contribution in [0.1, 0.15) is 0 Å². The zero-order valence-corrected chi connectivity index (χ0v) is 18.3. The number of hydrogen-bond acceptors (Lipinski definition) is 8. The van der Waals surface area contributed by atoms with Gasteiger partial charge in [0.15, 0.2) is 0 Å². The minimum absolute atomic E-state index is 0.0129. The number of ether oxygens (including phenoxy) is 1. The van der Waals surface area contributed by atoms with E-state index in [1.165, 1.54) is 6.33 Å². The summed E-state index contributed by atoms with van der Waals surface area (Å²) < 4.78 is 5.90. The van der Waals surface area contributed by atoms with Gasteiger partial charge in [0.1, 0.15) is 12.1 Å². The highest BCUT2D eigenvalue weighted by Crippen LogP contribution is 2.37. The first-order chi connectivity index (χ1) is 17.2. The van der Waals surface area contributed by atoms with Crippen LogP contribution in [0.15, 0.2) is 114 Å². The van der Waals surface area contributed by atoms with Crippen LogP contribution in [0, 0.1) is 10.1 Å². The summed E-state index contributed by atoms with van der Waals surface area (Å²) in [5.74, 6) is 0.319. The molecule has 1 heterocycles. The molecular weight excluding hydrogens is 444 g/mol. The number of hydrogen-bond donors (Lipinski definition) is 1. The van der Waals surface area contributed by atoms with Crippen LogP contribution in [0.5, 0.6) is 11.6 Å². The highest BCUT2D eigenvalue weighted by atomic mass is 16.6. The van der Waals surface area contributed by atoms with E-state index in [1.54, 1.807) is 30.3 Å². The van der Waals surface area contributed by atoms with Gasteiger partial charge in [0, 0.05) is 11.1 Å². The molecule has 0 aliphatic carbocycles. The number of nitrogens with one attached hydrogen (secondary N) is 1. The fourth-order valence-corrected chi connectivity index (χ4v) is 3.44. The van der Waals surface area contributed by atoms with Crippen molar-refractivity contribution in [1.29, 1.82) is 0 Å². The molecule has 9 nitrogen and oxygen atoms in total. The molecule has 0 radical (unpaired) electrons. The van der Waals surface area contributed by atoms with E-state index in [0.717, 1.165) is 16.5 Å². The van der Waals surface area contributed by atoms with E-state index >= 15 is 0 Å². The predicted octanol–water partition coefficient (Wildman–Crippen LogP) is 7.49. The Hall–Kier alpha value is -5.18. The van der Waals surface area contributed by atoms with Gasteiger partial charge in [-0.3, -0.25) is 10.1 Å². The highest BCUT2D eigenvalue weighted by Gasteiger charge is 2.25. The van der Waals surface area contributed by atoms with Crippen LogP contribution < -0.4 is 10.1 Å². The molecule has 0 bridgehead atoms. The summed E-state index contributed by atoms with van der Waals surface area (Å²) in [5, 5.41) is 25.1. The molecular formula is C26H18N6O3. The summed E-state index contributed by atoms with van der Waals surface area (Å²) in [6.07, 6.45) is 1.22. The van der Waals surface area contributed by atoms with E-state index in [0.29, 0.717) is 17.1 Å². The summed E-state index contributed by atoms with van der Waals surface area (Å²) in [6, 6.07) is 29.4. The minimum Gasteiger partial charge on any atom is -0.433 e. The van der Waals surface area contributed by atoms with Crippen molar-refractivity contribution in [3.8, 4) is 11.6 Å². The quantitative estimate of drug-likeness (QED) is 0.152. The van der Waals surface area contributed by atoms with Gasteiger partial charge in [-0.25, -0.2) is 4.98 Å². The van der Waals surface area contributed by atoms with E-state index in [4.69, 9.17) is 4.74 Å². The van der Waals surface area contributed by atoms with E-state index < -0.39 is 4.92 Å². The Bertz CT molecular complexity index is 1520. The number of aromatic nitrogens is 2. The fourth-order valence-electron chi connectivity index (χ4n) is 3.44. The van der Waals surface area contributed by atoms with Crippen LogP contribution in [-0.4, -0.2) is 14.9 Å². The van der Waals surface area contributed by atoms with Gasteiger partial charge in [0.05, 0.1) is 16.3 Å². The zero-order valence-electron chi connectivity index (χ0n) is 18.3. The third-order valence-corrected chi connectivity index (χ3v) is 5.09. The third-order valence-electron chi connectivity index (χ3n) is 5.09. The first-order valence-electron chi connectivity index (χ1n) is 10.7.